The van der Waals surface area contributed by atoms with Crippen LogP contribution in [0.25, 0.3) is 0 Å². The van der Waals surface area contributed by atoms with E-state index in [-0.39, 0.29) is 12.5 Å². The third-order valence-corrected chi connectivity index (χ3v) is 2.39. The van der Waals surface area contributed by atoms with Gasteiger partial charge < -0.3 is 4.74 Å². The highest BCUT2D eigenvalue weighted by molar-refractivity contribution is 5.74. The molecule has 100 valence electrons. The number of carbonyl (C=O) groups is 1. The molecule has 1 aliphatic heterocycles. The molecule has 0 aliphatic carbocycles. The van der Waals surface area contributed by atoms with Gasteiger partial charge in [-0.25, -0.2) is 5.48 Å². The fourth-order valence-electron chi connectivity index (χ4n) is 1.58. The molecule has 7 heteroatoms. The van der Waals surface area contributed by atoms with Gasteiger partial charge in [-0.2, -0.15) is 13.2 Å². The van der Waals surface area contributed by atoms with Gasteiger partial charge in [0.15, 0.2) is 6.61 Å². The lowest BCUT2D eigenvalue weighted by atomic mass is 10.0. The van der Waals surface area contributed by atoms with Gasteiger partial charge in [0.1, 0.15) is 0 Å². The van der Waals surface area contributed by atoms with E-state index in [1.165, 1.54) is 0 Å². The van der Waals surface area contributed by atoms with Gasteiger partial charge in [-0.3, -0.25) is 9.63 Å². The van der Waals surface area contributed by atoms with Crippen molar-refractivity contribution in [1.82, 2.24) is 5.48 Å². The van der Waals surface area contributed by atoms with Crippen LogP contribution >= 0.6 is 0 Å². The molecule has 4 nitrogen and oxygen atoms in total. The summed E-state index contributed by atoms with van der Waals surface area (Å²) in [5, 5.41) is 0. The molecule has 1 amide bonds. The quantitative estimate of drug-likeness (QED) is 0.764. The van der Waals surface area contributed by atoms with Gasteiger partial charge in [-0.05, 0) is 25.7 Å². The molecular formula is C10H16F3NO3. The molecule has 1 saturated heterocycles. The highest BCUT2D eigenvalue weighted by Gasteiger charge is 2.28. The summed E-state index contributed by atoms with van der Waals surface area (Å²) in [6, 6.07) is 0. The van der Waals surface area contributed by atoms with Crippen molar-refractivity contribution in [1.29, 1.82) is 0 Å². The monoisotopic (exact) mass is 255 g/mol. The fourth-order valence-corrected chi connectivity index (χ4v) is 1.58. The van der Waals surface area contributed by atoms with E-state index in [9.17, 15) is 18.0 Å². The molecule has 0 aromatic rings. The summed E-state index contributed by atoms with van der Waals surface area (Å²) < 4.78 is 40.4. The van der Waals surface area contributed by atoms with E-state index in [1.807, 2.05) is 0 Å². The SMILES string of the molecule is O=C(CCC1CCCCO1)NOCC(F)(F)F. The number of amides is 1. The van der Waals surface area contributed by atoms with Gasteiger partial charge in [0, 0.05) is 13.0 Å². The van der Waals surface area contributed by atoms with Crippen LogP contribution in [0.15, 0.2) is 0 Å². The summed E-state index contributed by atoms with van der Waals surface area (Å²) in [5.74, 6) is -0.552. The Morgan fingerprint density at radius 2 is 2.18 bits per heavy atom. The van der Waals surface area contributed by atoms with Crippen LogP contribution in [0.1, 0.15) is 32.1 Å². The second-order valence-corrected chi connectivity index (χ2v) is 3.96. The van der Waals surface area contributed by atoms with Crippen LogP contribution in [0.2, 0.25) is 0 Å². The topological polar surface area (TPSA) is 47.6 Å². The molecule has 1 heterocycles. The zero-order valence-electron chi connectivity index (χ0n) is 9.39. The number of rotatable bonds is 5. The first-order valence-electron chi connectivity index (χ1n) is 5.56. The van der Waals surface area contributed by atoms with Crippen LogP contribution in [0.5, 0.6) is 0 Å². The molecule has 0 saturated carbocycles. The maximum atomic E-state index is 11.7. The number of alkyl halides is 3. The van der Waals surface area contributed by atoms with Crippen molar-refractivity contribution in [3.05, 3.63) is 0 Å². The number of ether oxygens (including phenoxy) is 1. The van der Waals surface area contributed by atoms with Gasteiger partial charge >= 0.3 is 6.18 Å². The van der Waals surface area contributed by atoms with E-state index in [0.717, 1.165) is 19.3 Å². The molecule has 1 N–H and O–H groups in total. The van der Waals surface area contributed by atoms with Crippen LogP contribution in [0.3, 0.4) is 0 Å². The minimum atomic E-state index is -4.43. The van der Waals surface area contributed by atoms with Crippen molar-refractivity contribution >= 4 is 5.91 Å². The van der Waals surface area contributed by atoms with Gasteiger partial charge in [0.2, 0.25) is 5.91 Å². The molecule has 1 aliphatic rings. The number of carbonyl (C=O) groups excluding carboxylic acids is 1. The zero-order valence-corrected chi connectivity index (χ0v) is 9.39. The lowest BCUT2D eigenvalue weighted by Gasteiger charge is -2.22. The second-order valence-electron chi connectivity index (χ2n) is 3.96. The average Bonchev–Trinajstić information content (AvgIpc) is 2.26. The van der Waals surface area contributed by atoms with Gasteiger partial charge in [0.05, 0.1) is 6.10 Å². The Bertz CT molecular complexity index is 239. The van der Waals surface area contributed by atoms with E-state index in [4.69, 9.17) is 4.74 Å². The summed E-state index contributed by atoms with van der Waals surface area (Å²) in [6.45, 7) is -0.782. The fraction of sp³-hybridized carbons (Fsp3) is 0.900. The van der Waals surface area contributed by atoms with Crippen molar-refractivity contribution in [2.75, 3.05) is 13.2 Å². The predicted octanol–water partition coefficient (Wildman–Crippen LogP) is 1.95. The number of halogens is 3. The highest BCUT2D eigenvalue weighted by Crippen LogP contribution is 2.17. The zero-order chi connectivity index (χ0) is 12.7. The predicted molar refractivity (Wildman–Crippen MR) is 53.0 cm³/mol. The molecule has 0 aromatic carbocycles. The van der Waals surface area contributed by atoms with Crippen molar-refractivity contribution in [2.24, 2.45) is 0 Å². The first-order valence-corrected chi connectivity index (χ1v) is 5.56. The first kappa shape index (κ1) is 14.2. The molecule has 17 heavy (non-hydrogen) atoms. The van der Waals surface area contributed by atoms with Crippen molar-refractivity contribution < 1.29 is 27.5 Å². The van der Waals surface area contributed by atoms with Crippen LogP contribution in [0, 0.1) is 0 Å². The second kappa shape index (κ2) is 6.80. The smallest absolute Gasteiger partial charge is 0.378 e. The molecule has 1 unspecified atom stereocenters. The van der Waals surface area contributed by atoms with E-state index < -0.39 is 18.7 Å². The maximum Gasteiger partial charge on any atom is 0.414 e. The number of nitrogens with one attached hydrogen (secondary N) is 1. The van der Waals surface area contributed by atoms with Crippen LogP contribution in [-0.2, 0) is 14.4 Å². The summed E-state index contributed by atoms with van der Waals surface area (Å²) in [5.41, 5.74) is 1.76. The minimum absolute atomic E-state index is 0.0390. The maximum absolute atomic E-state index is 11.7. The summed E-state index contributed by atoms with van der Waals surface area (Å²) in [4.78, 5) is 15.1. The first-order chi connectivity index (χ1) is 7.97. The molecular weight excluding hydrogens is 239 g/mol. The average molecular weight is 255 g/mol. The molecule has 0 radical (unpaired) electrons. The standard InChI is InChI=1S/C10H16F3NO3/c11-10(12,13)7-17-14-9(15)5-4-8-3-1-2-6-16-8/h8H,1-7H2,(H,14,15). The van der Waals surface area contributed by atoms with Crippen LogP contribution < -0.4 is 5.48 Å². The Morgan fingerprint density at radius 3 is 2.76 bits per heavy atom. The lowest BCUT2D eigenvalue weighted by Crippen LogP contribution is -2.30. The molecule has 1 rings (SSSR count). The molecule has 1 fully saturated rings. The Morgan fingerprint density at radius 1 is 1.41 bits per heavy atom. The third-order valence-electron chi connectivity index (χ3n) is 2.39. The summed E-state index contributed by atoms with van der Waals surface area (Å²) >= 11 is 0. The van der Waals surface area contributed by atoms with Crippen molar-refractivity contribution in [3.63, 3.8) is 0 Å². The van der Waals surface area contributed by atoms with E-state index in [2.05, 4.69) is 4.84 Å². The Hall–Kier alpha value is -0.820. The lowest BCUT2D eigenvalue weighted by molar-refractivity contribution is -0.191. The van der Waals surface area contributed by atoms with Crippen LogP contribution in [-0.4, -0.2) is 31.4 Å². The minimum Gasteiger partial charge on any atom is -0.378 e. The molecule has 0 bridgehead atoms. The highest BCUT2D eigenvalue weighted by atomic mass is 19.4. The van der Waals surface area contributed by atoms with E-state index in [0.29, 0.717) is 13.0 Å². The normalized spacial score (nSPS) is 21.2. The molecule has 0 spiro atoms. The number of hydrogen-bond donors (Lipinski definition) is 1. The van der Waals surface area contributed by atoms with Crippen LogP contribution in [0.4, 0.5) is 13.2 Å². The largest absolute Gasteiger partial charge is 0.414 e. The van der Waals surface area contributed by atoms with E-state index in [1.54, 1.807) is 5.48 Å². The van der Waals surface area contributed by atoms with Gasteiger partial charge in [0.25, 0.3) is 0 Å². The van der Waals surface area contributed by atoms with Crippen molar-refractivity contribution in [3.8, 4) is 0 Å². The third kappa shape index (κ3) is 7.17. The number of hydrogen-bond acceptors (Lipinski definition) is 3. The Kier molecular flexibility index (Phi) is 5.70. The molecule has 1 atom stereocenters. The summed E-state index contributed by atoms with van der Waals surface area (Å²) in [7, 11) is 0. The summed E-state index contributed by atoms with van der Waals surface area (Å²) in [6.07, 6.45) is -0.772. The van der Waals surface area contributed by atoms with Gasteiger partial charge in [-0.15, -0.1) is 0 Å². The molecule has 0 aromatic heterocycles. The Labute approximate surface area is 97.4 Å². The van der Waals surface area contributed by atoms with Gasteiger partial charge in [-0.1, -0.05) is 0 Å². The van der Waals surface area contributed by atoms with E-state index >= 15 is 0 Å². The Balaban J connectivity index is 2.04. The number of hydroxylamine groups is 1. The van der Waals surface area contributed by atoms with Crippen molar-refractivity contribution in [2.45, 2.75) is 44.4 Å².